The van der Waals surface area contributed by atoms with Crippen LogP contribution in [0.2, 0.25) is 0 Å². The Hall–Kier alpha value is -4.34. The predicted octanol–water partition coefficient (Wildman–Crippen LogP) is 8.79. The van der Waals surface area contributed by atoms with Crippen LogP contribution in [0.15, 0.2) is 78.9 Å². The molecule has 0 spiro atoms. The molecule has 0 unspecified atom stereocenters. The highest BCUT2D eigenvalue weighted by Gasteiger charge is 2.22. The number of nitrogens with zero attached hydrogens (tertiary/aromatic N) is 3. The fourth-order valence-electron chi connectivity index (χ4n) is 4.97. The largest absolute Gasteiger partial charge is 0.309 e. The molecule has 0 radical (unpaired) electrons. The molecule has 182 valence electrons. The van der Waals surface area contributed by atoms with Gasteiger partial charge in [-0.05, 0) is 76.1 Å². The smallest absolute Gasteiger partial charge is 0.0992 e. The van der Waals surface area contributed by atoms with E-state index in [-0.39, 0.29) is 10.8 Å². The van der Waals surface area contributed by atoms with Gasteiger partial charge in [0.2, 0.25) is 0 Å². The topological polar surface area (TPSA) is 52.5 Å². The number of fused-ring (bicyclic) bond motifs is 3. The molecule has 5 aromatic rings. The molecule has 5 rings (SSSR count). The lowest BCUT2D eigenvalue weighted by Gasteiger charge is -2.19. The van der Waals surface area contributed by atoms with Gasteiger partial charge < -0.3 is 4.57 Å². The summed E-state index contributed by atoms with van der Waals surface area (Å²) in [4.78, 5) is 0. The molecule has 3 heteroatoms. The van der Waals surface area contributed by atoms with Crippen molar-refractivity contribution in [2.45, 2.75) is 52.4 Å². The minimum Gasteiger partial charge on any atom is -0.309 e. The zero-order valence-corrected chi connectivity index (χ0v) is 22.3. The summed E-state index contributed by atoms with van der Waals surface area (Å²) in [5.74, 6) is 0. The summed E-state index contributed by atoms with van der Waals surface area (Å²) in [7, 11) is 0. The van der Waals surface area contributed by atoms with Gasteiger partial charge in [-0.25, -0.2) is 0 Å². The van der Waals surface area contributed by atoms with E-state index in [4.69, 9.17) is 0 Å². The van der Waals surface area contributed by atoms with Gasteiger partial charge in [0.05, 0.1) is 40.0 Å². The van der Waals surface area contributed by atoms with Gasteiger partial charge in [0.1, 0.15) is 0 Å². The number of aromatic nitrogens is 1. The summed E-state index contributed by atoms with van der Waals surface area (Å²) in [6.07, 6.45) is 0. The van der Waals surface area contributed by atoms with E-state index in [9.17, 15) is 10.5 Å². The van der Waals surface area contributed by atoms with E-state index in [1.807, 2.05) is 42.5 Å². The molecule has 1 aromatic heterocycles. The van der Waals surface area contributed by atoms with Crippen molar-refractivity contribution in [2.75, 3.05) is 0 Å². The van der Waals surface area contributed by atoms with Crippen molar-refractivity contribution in [2.24, 2.45) is 0 Å². The summed E-state index contributed by atoms with van der Waals surface area (Å²) in [6, 6.07) is 31.5. The molecule has 0 aliphatic carbocycles. The highest BCUT2D eigenvalue weighted by molar-refractivity contribution is 6.10. The van der Waals surface area contributed by atoms with Crippen LogP contribution >= 0.6 is 0 Å². The van der Waals surface area contributed by atoms with Crippen molar-refractivity contribution in [1.29, 1.82) is 10.5 Å². The summed E-state index contributed by atoms with van der Waals surface area (Å²) < 4.78 is 2.29. The Morgan fingerprint density at radius 2 is 1.05 bits per heavy atom. The van der Waals surface area contributed by atoms with E-state index in [0.29, 0.717) is 11.1 Å². The van der Waals surface area contributed by atoms with Crippen molar-refractivity contribution in [3.05, 3.63) is 101 Å². The maximum Gasteiger partial charge on any atom is 0.0992 e. The number of rotatable bonds is 2. The monoisotopic (exact) mass is 481 g/mol. The van der Waals surface area contributed by atoms with Gasteiger partial charge in [-0.3, -0.25) is 0 Å². The third kappa shape index (κ3) is 4.28. The SMILES string of the molecule is CC(C)(C)c1ccc2c(c1)c1cc(C(C)(C)C)ccc1n2-c1cc(C#N)ccc1-c1ccc(C#N)cc1. The fourth-order valence-corrected chi connectivity index (χ4v) is 4.97. The summed E-state index contributed by atoms with van der Waals surface area (Å²) >= 11 is 0. The van der Waals surface area contributed by atoms with Crippen LogP contribution in [-0.4, -0.2) is 4.57 Å². The molecule has 0 aliphatic heterocycles. The van der Waals surface area contributed by atoms with Crippen LogP contribution in [0.3, 0.4) is 0 Å². The van der Waals surface area contributed by atoms with Crippen molar-refractivity contribution in [3.63, 3.8) is 0 Å². The average Bonchev–Trinajstić information content (AvgIpc) is 3.20. The molecule has 1 heterocycles. The van der Waals surface area contributed by atoms with Gasteiger partial charge in [-0.15, -0.1) is 0 Å². The lowest BCUT2D eigenvalue weighted by Crippen LogP contribution is -2.10. The third-order valence-electron chi connectivity index (χ3n) is 7.19. The van der Waals surface area contributed by atoms with Gasteiger partial charge in [0.25, 0.3) is 0 Å². The molecular weight excluding hydrogens is 450 g/mol. The van der Waals surface area contributed by atoms with Crippen LogP contribution in [0.25, 0.3) is 38.6 Å². The zero-order valence-electron chi connectivity index (χ0n) is 22.3. The summed E-state index contributed by atoms with van der Waals surface area (Å²) in [6.45, 7) is 13.5. The minimum absolute atomic E-state index is 0.0264. The van der Waals surface area contributed by atoms with Gasteiger partial charge in [-0.2, -0.15) is 10.5 Å². The van der Waals surface area contributed by atoms with Crippen molar-refractivity contribution in [3.8, 4) is 29.0 Å². The quantitative estimate of drug-likeness (QED) is 0.253. The minimum atomic E-state index is 0.0264. The number of hydrogen-bond acceptors (Lipinski definition) is 2. The van der Waals surface area contributed by atoms with Crippen molar-refractivity contribution < 1.29 is 0 Å². The van der Waals surface area contributed by atoms with Crippen LogP contribution in [0.5, 0.6) is 0 Å². The van der Waals surface area contributed by atoms with Gasteiger partial charge in [0.15, 0.2) is 0 Å². The van der Waals surface area contributed by atoms with E-state index in [0.717, 1.165) is 27.8 Å². The molecule has 0 fully saturated rings. The van der Waals surface area contributed by atoms with E-state index < -0.39 is 0 Å². The Morgan fingerprint density at radius 3 is 1.51 bits per heavy atom. The van der Waals surface area contributed by atoms with Gasteiger partial charge in [-0.1, -0.05) is 71.9 Å². The third-order valence-corrected chi connectivity index (χ3v) is 7.19. The van der Waals surface area contributed by atoms with Gasteiger partial charge >= 0.3 is 0 Å². The molecule has 0 saturated carbocycles. The number of hydrogen-bond donors (Lipinski definition) is 0. The first-order valence-electron chi connectivity index (χ1n) is 12.7. The highest BCUT2D eigenvalue weighted by Crippen LogP contribution is 2.40. The molecule has 0 aliphatic rings. The molecular formula is C34H31N3. The van der Waals surface area contributed by atoms with Crippen molar-refractivity contribution >= 4 is 21.8 Å². The van der Waals surface area contributed by atoms with E-state index in [2.05, 4.69) is 94.6 Å². The Bertz CT molecular complexity index is 1670. The van der Waals surface area contributed by atoms with Crippen LogP contribution in [0.4, 0.5) is 0 Å². The fraction of sp³-hybridized carbons (Fsp3) is 0.235. The molecule has 37 heavy (non-hydrogen) atoms. The second kappa shape index (κ2) is 8.65. The first-order chi connectivity index (χ1) is 17.5. The Balaban J connectivity index is 1.90. The second-order valence-corrected chi connectivity index (χ2v) is 11.8. The van der Waals surface area contributed by atoms with Crippen molar-refractivity contribution in [1.82, 2.24) is 4.57 Å². The first kappa shape index (κ1) is 24.4. The first-order valence-corrected chi connectivity index (χ1v) is 12.7. The Labute approximate surface area is 219 Å². The normalized spacial score (nSPS) is 12.0. The molecule has 3 nitrogen and oxygen atoms in total. The van der Waals surface area contributed by atoms with Gasteiger partial charge in [0, 0.05) is 16.3 Å². The summed E-state index contributed by atoms with van der Waals surface area (Å²) in [5.41, 5.74) is 9.07. The molecule has 0 N–H and O–H groups in total. The second-order valence-electron chi connectivity index (χ2n) is 11.8. The lowest BCUT2D eigenvalue weighted by atomic mass is 9.85. The maximum absolute atomic E-state index is 9.77. The molecule has 0 amide bonds. The Kier molecular flexibility index (Phi) is 5.69. The molecule has 0 atom stereocenters. The van der Waals surface area contributed by atoms with E-state index in [1.54, 1.807) is 0 Å². The number of nitriles is 2. The zero-order chi connectivity index (χ0) is 26.5. The Morgan fingerprint density at radius 1 is 0.568 bits per heavy atom. The van der Waals surface area contributed by atoms with Crippen LogP contribution in [0, 0.1) is 22.7 Å². The molecule has 4 aromatic carbocycles. The van der Waals surface area contributed by atoms with E-state index in [1.165, 1.54) is 21.9 Å². The van der Waals surface area contributed by atoms with Crippen LogP contribution < -0.4 is 0 Å². The van der Waals surface area contributed by atoms with E-state index >= 15 is 0 Å². The average molecular weight is 482 g/mol. The summed E-state index contributed by atoms with van der Waals surface area (Å²) in [5, 5.41) is 21.5. The number of benzene rings is 4. The molecule has 0 bridgehead atoms. The van der Waals surface area contributed by atoms with Crippen LogP contribution in [-0.2, 0) is 10.8 Å². The predicted molar refractivity (Wildman–Crippen MR) is 153 cm³/mol. The lowest BCUT2D eigenvalue weighted by molar-refractivity contribution is 0.590. The molecule has 0 saturated heterocycles. The maximum atomic E-state index is 9.77. The standard InChI is InChI=1S/C34H31N3/c1-33(2,3)25-12-15-30-28(18-25)29-19-26(34(4,5)6)13-16-31(29)37(30)32-17-23(21-36)9-14-27(32)24-10-7-22(20-35)8-11-24/h7-19H,1-6H3. The van der Waals surface area contributed by atoms with Crippen LogP contribution in [0.1, 0.15) is 63.8 Å². The highest BCUT2D eigenvalue weighted by atomic mass is 15.0.